The first kappa shape index (κ1) is 21.3. The highest BCUT2D eigenvalue weighted by Gasteiger charge is 2.27. The van der Waals surface area contributed by atoms with Crippen molar-refractivity contribution in [1.29, 1.82) is 0 Å². The Hall–Kier alpha value is -0.720. The number of hydrogen-bond acceptors (Lipinski definition) is 4. The van der Waals surface area contributed by atoms with E-state index in [1.165, 1.54) is 0 Å². The maximum atomic E-state index is 10.4. The zero-order valence-corrected chi connectivity index (χ0v) is 14.8. The lowest BCUT2D eigenvalue weighted by Gasteiger charge is -2.37. The summed E-state index contributed by atoms with van der Waals surface area (Å²) < 4.78 is 5.44. The van der Waals surface area contributed by atoms with Crippen LogP contribution in [-0.2, 0) is 9.53 Å². The molecule has 1 aromatic carbocycles. The van der Waals surface area contributed by atoms with Gasteiger partial charge >= 0.3 is 5.97 Å². The molecule has 1 fully saturated rings. The standard InChI is InChI=1S/C8H15NO3.C6H5Cl2N.ClH/c1-8(2)6-9(3-4-12-8)5-7(10)11;7-5-2-1-4(9)3-6(5)8;/h3-6H2,1-2H3,(H,10,11);1-3H,9H2;1H. The van der Waals surface area contributed by atoms with Crippen LogP contribution in [0.25, 0.3) is 0 Å². The average molecular weight is 372 g/mol. The molecule has 8 heteroatoms. The predicted octanol–water partition coefficient (Wildman–Crippen LogP) is 3.18. The first-order chi connectivity index (χ1) is 9.69. The highest BCUT2D eigenvalue weighted by atomic mass is 35.5. The molecule has 1 heterocycles. The molecule has 0 radical (unpaired) electrons. The summed E-state index contributed by atoms with van der Waals surface area (Å²) in [6.45, 7) is 6.10. The van der Waals surface area contributed by atoms with Gasteiger partial charge in [-0.3, -0.25) is 9.69 Å². The number of anilines is 1. The molecule has 1 aliphatic rings. The third-order valence-corrected chi connectivity index (χ3v) is 3.55. The Balaban J connectivity index is 0.000000397. The number of nitrogens with zero attached hydrogens (tertiary/aromatic N) is 1. The van der Waals surface area contributed by atoms with E-state index in [9.17, 15) is 4.79 Å². The van der Waals surface area contributed by atoms with Crippen LogP contribution in [0.3, 0.4) is 0 Å². The van der Waals surface area contributed by atoms with Crippen molar-refractivity contribution < 1.29 is 14.6 Å². The van der Waals surface area contributed by atoms with Gasteiger partial charge in [-0.05, 0) is 32.0 Å². The van der Waals surface area contributed by atoms with Gasteiger partial charge in [-0.2, -0.15) is 0 Å². The first-order valence-corrected chi connectivity index (χ1v) is 7.24. The zero-order chi connectivity index (χ0) is 16.0. The quantitative estimate of drug-likeness (QED) is 0.781. The molecule has 5 nitrogen and oxygen atoms in total. The molecular weight excluding hydrogens is 351 g/mol. The molecule has 0 aromatic heterocycles. The van der Waals surface area contributed by atoms with Gasteiger partial charge in [0.15, 0.2) is 0 Å². The average Bonchev–Trinajstić information content (AvgIpc) is 2.33. The molecule has 22 heavy (non-hydrogen) atoms. The lowest BCUT2D eigenvalue weighted by Crippen LogP contribution is -2.49. The minimum atomic E-state index is -0.771. The largest absolute Gasteiger partial charge is 0.480 e. The topological polar surface area (TPSA) is 75.8 Å². The van der Waals surface area contributed by atoms with Crippen LogP contribution < -0.4 is 5.73 Å². The van der Waals surface area contributed by atoms with E-state index in [0.29, 0.717) is 28.9 Å². The van der Waals surface area contributed by atoms with Crippen molar-refractivity contribution >= 4 is 47.3 Å². The van der Waals surface area contributed by atoms with Gasteiger partial charge in [-0.15, -0.1) is 12.4 Å². The van der Waals surface area contributed by atoms with Gasteiger partial charge in [-0.1, -0.05) is 23.2 Å². The van der Waals surface area contributed by atoms with Crippen LogP contribution in [0, 0.1) is 0 Å². The van der Waals surface area contributed by atoms with Gasteiger partial charge in [0.05, 0.1) is 28.8 Å². The van der Waals surface area contributed by atoms with Crippen LogP contribution in [0.4, 0.5) is 5.69 Å². The third kappa shape index (κ3) is 8.06. The van der Waals surface area contributed by atoms with Crippen molar-refractivity contribution in [1.82, 2.24) is 4.90 Å². The minimum Gasteiger partial charge on any atom is -0.480 e. The Kier molecular flexibility index (Phi) is 9.12. The summed E-state index contributed by atoms with van der Waals surface area (Å²) in [5.41, 5.74) is 5.81. The maximum Gasteiger partial charge on any atom is 0.317 e. The zero-order valence-electron chi connectivity index (χ0n) is 12.5. The molecule has 126 valence electrons. The molecule has 0 amide bonds. The molecule has 0 spiro atoms. The fourth-order valence-corrected chi connectivity index (χ4v) is 2.26. The SMILES string of the molecule is CC1(C)CN(CC(=O)O)CCO1.Cl.Nc1ccc(Cl)c(Cl)c1. The van der Waals surface area contributed by atoms with Crippen molar-refractivity contribution in [3.63, 3.8) is 0 Å². The number of carboxylic acid groups (broad SMARTS) is 1. The van der Waals surface area contributed by atoms with E-state index in [1.54, 1.807) is 18.2 Å². The van der Waals surface area contributed by atoms with E-state index in [2.05, 4.69) is 0 Å². The van der Waals surface area contributed by atoms with Crippen LogP contribution in [0.15, 0.2) is 18.2 Å². The van der Waals surface area contributed by atoms with Crippen molar-refractivity contribution in [2.75, 3.05) is 32.0 Å². The Morgan fingerprint density at radius 1 is 1.41 bits per heavy atom. The highest BCUT2D eigenvalue weighted by Crippen LogP contribution is 2.23. The molecule has 0 saturated carbocycles. The number of carbonyl (C=O) groups is 1. The van der Waals surface area contributed by atoms with E-state index in [4.69, 9.17) is 38.8 Å². The fraction of sp³-hybridized carbons (Fsp3) is 0.500. The Morgan fingerprint density at radius 3 is 2.50 bits per heavy atom. The summed E-state index contributed by atoms with van der Waals surface area (Å²) >= 11 is 11.2. The minimum absolute atomic E-state index is 0. The van der Waals surface area contributed by atoms with E-state index in [-0.39, 0.29) is 24.6 Å². The normalized spacial score (nSPS) is 16.9. The smallest absolute Gasteiger partial charge is 0.317 e. The second-order valence-electron chi connectivity index (χ2n) is 5.39. The molecule has 0 aliphatic carbocycles. The van der Waals surface area contributed by atoms with Gasteiger partial charge in [-0.25, -0.2) is 0 Å². The van der Waals surface area contributed by atoms with Gasteiger partial charge in [0.1, 0.15) is 0 Å². The Labute approximate surface area is 146 Å². The monoisotopic (exact) mass is 370 g/mol. The number of hydrogen-bond donors (Lipinski definition) is 2. The van der Waals surface area contributed by atoms with E-state index in [0.717, 1.165) is 6.54 Å². The van der Waals surface area contributed by atoms with Crippen molar-refractivity contribution in [3.8, 4) is 0 Å². The van der Waals surface area contributed by atoms with E-state index < -0.39 is 5.97 Å². The van der Waals surface area contributed by atoms with Crippen molar-refractivity contribution in [2.45, 2.75) is 19.4 Å². The summed E-state index contributed by atoms with van der Waals surface area (Å²) in [4.78, 5) is 12.3. The molecule has 0 atom stereocenters. The van der Waals surface area contributed by atoms with Crippen LogP contribution in [0.5, 0.6) is 0 Å². The van der Waals surface area contributed by atoms with Crippen LogP contribution >= 0.6 is 35.6 Å². The summed E-state index contributed by atoms with van der Waals surface area (Å²) in [7, 11) is 0. The van der Waals surface area contributed by atoms with Gasteiger partial charge in [0, 0.05) is 18.8 Å². The summed E-state index contributed by atoms with van der Waals surface area (Å²) in [6, 6.07) is 4.98. The summed E-state index contributed by atoms with van der Waals surface area (Å²) in [6.07, 6.45) is 0. The summed E-state index contributed by atoms with van der Waals surface area (Å²) in [5, 5.41) is 9.58. The van der Waals surface area contributed by atoms with Gasteiger partial charge < -0.3 is 15.6 Å². The highest BCUT2D eigenvalue weighted by molar-refractivity contribution is 6.42. The molecule has 1 saturated heterocycles. The predicted molar refractivity (Wildman–Crippen MR) is 92.2 cm³/mol. The lowest BCUT2D eigenvalue weighted by molar-refractivity contribution is -0.142. The number of benzene rings is 1. The van der Waals surface area contributed by atoms with Gasteiger partial charge in [0.25, 0.3) is 0 Å². The molecule has 1 aromatic rings. The van der Waals surface area contributed by atoms with Crippen molar-refractivity contribution in [3.05, 3.63) is 28.2 Å². The molecule has 1 aliphatic heterocycles. The number of morpholine rings is 1. The van der Waals surface area contributed by atoms with Gasteiger partial charge in [0.2, 0.25) is 0 Å². The number of rotatable bonds is 2. The second kappa shape index (κ2) is 9.43. The summed E-state index contributed by atoms with van der Waals surface area (Å²) in [5.74, 6) is -0.771. The molecular formula is C14H21Cl3N2O3. The fourth-order valence-electron chi connectivity index (χ4n) is 1.95. The number of nitrogen functional groups attached to an aromatic ring is 1. The Morgan fingerprint density at radius 2 is 2.05 bits per heavy atom. The van der Waals surface area contributed by atoms with Crippen LogP contribution in [0.1, 0.15) is 13.8 Å². The molecule has 0 unspecified atom stereocenters. The van der Waals surface area contributed by atoms with Crippen LogP contribution in [-0.4, -0.2) is 47.8 Å². The molecule has 3 N–H and O–H groups in total. The molecule has 2 rings (SSSR count). The number of aliphatic carboxylic acids is 1. The third-order valence-electron chi connectivity index (χ3n) is 2.81. The number of ether oxygens (including phenoxy) is 1. The van der Waals surface area contributed by atoms with E-state index in [1.807, 2.05) is 18.7 Å². The first-order valence-electron chi connectivity index (χ1n) is 6.48. The Bertz CT molecular complexity index is 498. The number of carboxylic acids is 1. The van der Waals surface area contributed by atoms with Crippen molar-refractivity contribution in [2.24, 2.45) is 0 Å². The number of halogens is 3. The maximum absolute atomic E-state index is 10.4. The van der Waals surface area contributed by atoms with E-state index >= 15 is 0 Å². The lowest BCUT2D eigenvalue weighted by atomic mass is 10.1. The molecule has 0 bridgehead atoms. The second-order valence-corrected chi connectivity index (χ2v) is 6.20. The van der Waals surface area contributed by atoms with Crippen LogP contribution in [0.2, 0.25) is 10.0 Å². The number of nitrogens with two attached hydrogens (primary N) is 1.